The van der Waals surface area contributed by atoms with Gasteiger partial charge in [-0.2, -0.15) is 0 Å². The number of rotatable bonds is 8. The van der Waals surface area contributed by atoms with Crippen molar-refractivity contribution in [3.63, 3.8) is 0 Å². The molecule has 4 rings (SSSR count). The average Bonchev–Trinajstić information content (AvgIpc) is 2.93. The number of nitrogens with zero attached hydrogens (tertiary/aromatic N) is 3. The number of ether oxygens (including phenoxy) is 1. The number of amides is 2. The predicted molar refractivity (Wildman–Crippen MR) is 145 cm³/mol. The first-order valence-electron chi connectivity index (χ1n) is 12.8. The molecular formula is C29H31IN3O4S-. The van der Waals surface area contributed by atoms with E-state index in [1.54, 1.807) is 12.3 Å². The third kappa shape index (κ3) is 6.50. The molecule has 1 unspecified atom stereocenters. The van der Waals surface area contributed by atoms with E-state index in [9.17, 15) is 14.4 Å². The Morgan fingerprint density at radius 3 is 2.24 bits per heavy atom. The molecule has 0 aliphatic carbocycles. The van der Waals surface area contributed by atoms with E-state index >= 15 is 0 Å². The number of piperidine rings is 1. The fraction of sp³-hybridized carbons (Fsp3) is 0.310. The van der Waals surface area contributed by atoms with Gasteiger partial charge in [0.1, 0.15) is 0 Å². The molecule has 200 valence electrons. The molecule has 9 heteroatoms. The van der Waals surface area contributed by atoms with Crippen molar-refractivity contribution < 1.29 is 40.3 Å². The van der Waals surface area contributed by atoms with Gasteiger partial charge in [-0.15, -0.1) is 0 Å². The van der Waals surface area contributed by atoms with Crippen LogP contribution in [0.15, 0.2) is 78.5 Å². The van der Waals surface area contributed by atoms with Crippen LogP contribution in [0.1, 0.15) is 33.1 Å². The smallest absolute Gasteiger partial charge is 0.265 e. The molecule has 7 nitrogen and oxygen atoms in total. The van der Waals surface area contributed by atoms with Crippen LogP contribution in [0.3, 0.4) is 0 Å². The molecule has 0 aromatic heterocycles. The normalized spacial score (nSPS) is 18.5. The van der Waals surface area contributed by atoms with Gasteiger partial charge in [0.2, 0.25) is 0 Å². The molecule has 0 N–H and O–H groups in total. The second-order valence-electron chi connectivity index (χ2n) is 8.82. The van der Waals surface area contributed by atoms with Gasteiger partial charge in [0.05, 0.1) is 0 Å². The van der Waals surface area contributed by atoms with Crippen LogP contribution in [-0.4, -0.2) is 63.3 Å². The topological polar surface area (TPSA) is 70.2 Å². The minimum Gasteiger partial charge on any atom is -0.285 e. The molecule has 0 spiro atoms. The third-order valence-corrected chi connectivity index (χ3v) is 9.51. The van der Waals surface area contributed by atoms with Crippen molar-refractivity contribution >= 4 is 35.1 Å². The van der Waals surface area contributed by atoms with Gasteiger partial charge >= 0.3 is 165 Å². The molecule has 2 aliphatic heterocycles. The summed E-state index contributed by atoms with van der Waals surface area (Å²) in [5.74, 6) is -0.577. The van der Waals surface area contributed by atoms with E-state index in [4.69, 9.17) is 17.0 Å². The Bertz CT molecular complexity index is 1220. The summed E-state index contributed by atoms with van der Waals surface area (Å²) in [6.07, 6.45) is 7.50. The van der Waals surface area contributed by atoms with Gasteiger partial charge in [0.15, 0.2) is 5.11 Å². The molecule has 2 fully saturated rings. The fourth-order valence-electron chi connectivity index (χ4n) is 4.39. The van der Waals surface area contributed by atoms with Crippen LogP contribution in [0.5, 0.6) is 5.75 Å². The first-order chi connectivity index (χ1) is 18.4. The van der Waals surface area contributed by atoms with Crippen LogP contribution >= 0.6 is 12.2 Å². The van der Waals surface area contributed by atoms with Crippen LogP contribution < -0.4 is 25.9 Å². The van der Waals surface area contributed by atoms with E-state index in [1.165, 1.54) is 23.0 Å². The van der Waals surface area contributed by atoms with Crippen molar-refractivity contribution in [2.24, 2.45) is 0 Å². The molecule has 2 amide bonds. The monoisotopic (exact) mass is 644 g/mol. The van der Waals surface area contributed by atoms with E-state index < -0.39 is 17.9 Å². The Morgan fingerprint density at radius 2 is 1.61 bits per heavy atom. The molecule has 38 heavy (non-hydrogen) atoms. The number of carbonyl (C=O) groups is 3. The third-order valence-electron chi connectivity index (χ3n) is 6.39. The number of benzene rings is 2. The van der Waals surface area contributed by atoms with Crippen LogP contribution in [0.25, 0.3) is 0 Å². The minimum atomic E-state index is -0.431. The zero-order chi connectivity index (χ0) is 27.1. The summed E-state index contributed by atoms with van der Waals surface area (Å²) in [6, 6.07) is 17.7. The molecule has 2 aromatic carbocycles. The van der Waals surface area contributed by atoms with Gasteiger partial charge in [-0.05, 0) is 26.1 Å². The van der Waals surface area contributed by atoms with Gasteiger partial charge in [-0.25, -0.2) is 0 Å². The number of hydrogen-bond acceptors (Lipinski definition) is 6. The quantitative estimate of drug-likeness (QED) is 0.107. The SMILES string of the molecule is CCN1C(=O)C(=C/C=C/N2CCCCC2C(=O)Oc2ccc([I-]c3ccccc3)cc2)C(=O)N(CC)C1=S. The van der Waals surface area contributed by atoms with E-state index in [0.717, 1.165) is 12.8 Å². The summed E-state index contributed by atoms with van der Waals surface area (Å²) in [5.41, 5.74) is 0.0630. The van der Waals surface area contributed by atoms with E-state index in [2.05, 4.69) is 12.1 Å². The van der Waals surface area contributed by atoms with Gasteiger partial charge in [0.25, 0.3) is 11.8 Å². The van der Waals surface area contributed by atoms with Gasteiger partial charge in [-0.1, -0.05) is 0 Å². The fourth-order valence-corrected chi connectivity index (χ4v) is 7.03. The zero-order valence-corrected chi connectivity index (χ0v) is 24.5. The van der Waals surface area contributed by atoms with E-state index in [0.29, 0.717) is 31.8 Å². The number of hydrogen-bond donors (Lipinski definition) is 0. The van der Waals surface area contributed by atoms with E-state index in [1.807, 2.05) is 61.2 Å². The van der Waals surface area contributed by atoms with Crippen molar-refractivity contribution in [3.8, 4) is 5.75 Å². The second kappa shape index (κ2) is 13.1. The number of allylic oxidation sites excluding steroid dienone is 2. The summed E-state index contributed by atoms with van der Waals surface area (Å²) in [7, 11) is 0. The van der Waals surface area contributed by atoms with Crippen LogP contribution in [0, 0.1) is 7.14 Å². The molecule has 0 bridgehead atoms. The maximum atomic E-state index is 13.1. The van der Waals surface area contributed by atoms with E-state index in [-0.39, 0.29) is 37.9 Å². The summed E-state index contributed by atoms with van der Waals surface area (Å²) in [6.45, 7) is 5.11. The number of thiocarbonyl (C=S) groups is 1. The van der Waals surface area contributed by atoms with Crippen molar-refractivity contribution in [1.82, 2.24) is 14.7 Å². The molecule has 2 aliphatic rings. The Balaban J connectivity index is 1.42. The largest absolute Gasteiger partial charge is 0.285 e. The molecule has 2 aromatic rings. The summed E-state index contributed by atoms with van der Waals surface area (Å²) < 4.78 is 8.32. The van der Waals surface area contributed by atoms with Crippen molar-refractivity contribution in [1.29, 1.82) is 0 Å². The maximum Gasteiger partial charge on any atom is 0.265 e. The first-order valence-corrected chi connectivity index (χ1v) is 15.3. The average molecular weight is 645 g/mol. The minimum absolute atomic E-state index is 0.0630. The van der Waals surface area contributed by atoms with Crippen LogP contribution in [0.2, 0.25) is 0 Å². The first kappa shape index (κ1) is 28.0. The Hall–Kier alpha value is -3.05. The number of likely N-dealkylation sites (tertiary alicyclic amines) is 1. The number of halogens is 1. The molecule has 1 atom stereocenters. The van der Waals surface area contributed by atoms with Gasteiger partial charge in [-0.3, -0.25) is 19.4 Å². The van der Waals surface area contributed by atoms with Crippen LogP contribution in [0.4, 0.5) is 0 Å². The number of likely N-dealkylation sites (N-methyl/N-ethyl adjacent to an activating group) is 2. The van der Waals surface area contributed by atoms with Gasteiger partial charge < -0.3 is 0 Å². The maximum absolute atomic E-state index is 13.1. The summed E-state index contributed by atoms with van der Waals surface area (Å²) in [5, 5.41) is 0.236. The number of carbonyl (C=O) groups excluding carboxylic acids is 3. The Kier molecular flexibility index (Phi) is 9.68. The van der Waals surface area contributed by atoms with Crippen molar-refractivity contribution in [2.45, 2.75) is 39.2 Å². The molecule has 2 heterocycles. The number of esters is 1. The van der Waals surface area contributed by atoms with Crippen LogP contribution in [-0.2, 0) is 14.4 Å². The second-order valence-corrected chi connectivity index (χ2v) is 12.2. The Labute approximate surface area is 239 Å². The predicted octanol–water partition coefficient (Wildman–Crippen LogP) is 1.01. The molecule has 2 saturated heterocycles. The Morgan fingerprint density at radius 1 is 0.974 bits per heavy atom. The zero-order valence-electron chi connectivity index (χ0n) is 21.5. The summed E-state index contributed by atoms with van der Waals surface area (Å²) >= 11 is 5.03. The molecule has 0 radical (unpaired) electrons. The molecular weight excluding hydrogens is 613 g/mol. The van der Waals surface area contributed by atoms with Gasteiger partial charge in [0, 0.05) is 13.1 Å². The van der Waals surface area contributed by atoms with Crippen molar-refractivity contribution in [3.05, 3.63) is 85.7 Å². The summed E-state index contributed by atoms with van der Waals surface area (Å²) in [4.78, 5) is 43.5. The van der Waals surface area contributed by atoms with Crippen molar-refractivity contribution in [2.75, 3.05) is 19.6 Å². The standard InChI is InChI=1S/C29H31IN3O4S/c1-3-32-26(34)24(27(35)33(4-2)29(32)38)13-10-20-31-19-9-8-14-25(31)28(36)37-23-17-15-22(16-18-23)30-21-11-6-5-7-12-21/h5-7,10-13,15-18,20,25H,3-4,8-9,14,19H2,1-2H3/q-1/b20-10+. The molecule has 0 saturated carbocycles.